The van der Waals surface area contributed by atoms with Crippen LogP contribution in [-0.2, 0) is 14.8 Å². The third-order valence-corrected chi connectivity index (χ3v) is 1.27. The van der Waals surface area contributed by atoms with E-state index in [1.54, 1.807) is 4.72 Å². The molecule has 0 unspecified atom stereocenters. The van der Waals surface area contributed by atoms with Crippen molar-refractivity contribution in [2.75, 3.05) is 6.26 Å². The molecule has 11 heavy (non-hydrogen) atoms. The zero-order chi connectivity index (χ0) is 8.36. The van der Waals surface area contributed by atoms with E-state index in [9.17, 15) is 13.2 Å². The highest BCUT2D eigenvalue weighted by Gasteiger charge is 2.11. The van der Waals surface area contributed by atoms with E-state index in [-0.39, 0.29) is 12.4 Å². The van der Waals surface area contributed by atoms with E-state index in [0.717, 1.165) is 6.26 Å². The summed E-state index contributed by atoms with van der Waals surface area (Å²) in [6.07, 6.45) is 0.896. The van der Waals surface area contributed by atoms with Gasteiger partial charge in [0.05, 0.1) is 12.3 Å². The van der Waals surface area contributed by atoms with E-state index in [1.807, 2.05) is 0 Å². The Morgan fingerprint density at radius 3 is 2.00 bits per heavy atom. The maximum Gasteiger partial charge on any atom is 0.250 e. The highest BCUT2D eigenvalue weighted by Crippen LogP contribution is 1.78. The standard InChI is InChI=1S/C4H10N2O3S.ClH/c1-3(5)4(7)6-10(2,8)9;/h3H,5H2,1-2H3,(H,6,7);1H/t3-;/m0./s1. The number of nitrogens with two attached hydrogens (primary N) is 1. The molecular formula is C4H11ClN2O3S. The van der Waals surface area contributed by atoms with Gasteiger partial charge in [-0.2, -0.15) is 0 Å². The Morgan fingerprint density at radius 2 is 1.91 bits per heavy atom. The second-order valence-electron chi connectivity index (χ2n) is 2.03. The molecule has 0 fully saturated rings. The maximum absolute atomic E-state index is 10.5. The summed E-state index contributed by atoms with van der Waals surface area (Å²) in [5.74, 6) is -0.692. The monoisotopic (exact) mass is 202 g/mol. The second-order valence-corrected chi connectivity index (χ2v) is 3.78. The number of carbonyl (C=O) groups is 1. The van der Waals surface area contributed by atoms with Gasteiger partial charge in [0.1, 0.15) is 0 Å². The topological polar surface area (TPSA) is 89.3 Å². The molecular weight excluding hydrogens is 192 g/mol. The van der Waals surface area contributed by atoms with Crippen LogP contribution in [0.15, 0.2) is 0 Å². The summed E-state index contributed by atoms with van der Waals surface area (Å²) >= 11 is 0. The predicted octanol–water partition coefficient (Wildman–Crippen LogP) is -1.17. The van der Waals surface area contributed by atoms with Crippen LogP contribution in [0.25, 0.3) is 0 Å². The van der Waals surface area contributed by atoms with Gasteiger partial charge in [0.15, 0.2) is 0 Å². The molecule has 0 saturated heterocycles. The summed E-state index contributed by atoms with van der Waals surface area (Å²) in [6.45, 7) is 1.40. The Hall–Kier alpha value is -0.330. The largest absolute Gasteiger partial charge is 0.320 e. The lowest BCUT2D eigenvalue weighted by Gasteiger charge is -2.03. The first-order valence-corrected chi connectivity index (χ1v) is 4.49. The van der Waals surface area contributed by atoms with Crippen LogP contribution in [0, 0.1) is 0 Å². The van der Waals surface area contributed by atoms with Crippen molar-refractivity contribution >= 4 is 28.3 Å². The maximum atomic E-state index is 10.5. The second kappa shape index (κ2) is 4.53. The van der Waals surface area contributed by atoms with Crippen LogP contribution in [0.2, 0.25) is 0 Å². The van der Waals surface area contributed by atoms with Crippen molar-refractivity contribution in [3.63, 3.8) is 0 Å². The normalized spacial score (nSPS) is 13.0. The van der Waals surface area contributed by atoms with Crippen LogP contribution >= 0.6 is 12.4 Å². The van der Waals surface area contributed by atoms with Gasteiger partial charge in [-0.25, -0.2) is 8.42 Å². The first-order valence-electron chi connectivity index (χ1n) is 2.60. The molecule has 0 aromatic rings. The van der Waals surface area contributed by atoms with Crippen LogP contribution < -0.4 is 10.5 Å². The molecule has 1 atom stereocenters. The number of amides is 1. The van der Waals surface area contributed by atoms with Crippen LogP contribution in [0.1, 0.15) is 6.92 Å². The minimum absolute atomic E-state index is 0. The number of hydrogen-bond donors (Lipinski definition) is 2. The first kappa shape index (κ1) is 13.3. The van der Waals surface area contributed by atoms with Crippen molar-refractivity contribution in [2.24, 2.45) is 5.73 Å². The van der Waals surface area contributed by atoms with Crippen LogP contribution in [0.4, 0.5) is 0 Å². The van der Waals surface area contributed by atoms with Crippen LogP contribution in [0.3, 0.4) is 0 Å². The third kappa shape index (κ3) is 7.57. The molecule has 0 bridgehead atoms. The fraction of sp³-hybridized carbons (Fsp3) is 0.750. The smallest absolute Gasteiger partial charge is 0.250 e. The molecule has 7 heteroatoms. The molecule has 0 spiro atoms. The summed E-state index contributed by atoms with van der Waals surface area (Å²) < 4.78 is 22.4. The van der Waals surface area contributed by atoms with Crippen molar-refractivity contribution in [1.82, 2.24) is 4.72 Å². The molecule has 3 N–H and O–H groups in total. The molecule has 0 aliphatic carbocycles. The van der Waals surface area contributed by atoms with Gasteiger partial charge in [0.2, 0.25) is 15.9 Å². The van der Waals surface area contributed by atoms with Crippen molar-refractivity contribution < 1.29 is 13.2 Å². The van der Waals surface area contributed by atoms with Gasteiger partial charge in [-0.15, -0.1) is 12.4 Å². The highest BCUT2D eigenvalue weighted by atomic mass is 35.5. The Labute approximate surface area is 71.8 Å². The molecule has 0 saturated carbocycles. The van der Waals surface area contributed by atoms with Gasteiger partial charge in [-0.1, -0.05) is 0 Å². The van der Waals surface area contributed by atoms with E-state index in [4.69, 9.17) is 5.73 Å². The van der Waals surface area contributed by atoms with Gasteiger partial charge in [0, 0.05) is 0 Å². The SMILES string of the molecule is C[C@H](N)C(=O)NS(C)(=O)=O.Cl. The minimum Gasteiger partial charge on any atom is -0.320 e. The average Bonchev–Trinajstić information content (AvgIpc) is 1.60. The number of carbonyl (C=O) groups excluding carboxylic acids is 1. The molecule has 0 aliphatic rings. The van der Waals surface area contributed by atoms with E-state index in [2.05, 4.69) is 0 Å². The van der Waals surface area contributed by atoms with Crippen molar-refractivity contribution in [1.29, 1.82) is 0 Å². The predicted molar refractivity (Wildman–Crippen MR) is 43.9 cm³/mol. The summed E-state index contributed by atoms with van der Waals surface area (Å²) in [5, 5.41) is 0. The fourth-order valence-corrected chi connectivity index (χ4v) is 0.827. The van der Waals surface area contributed by atoms with Crippen molar-refractivity contribution in [3.8, 4) is 0 Å². The quantitative estimate of drug-likeness (QED) is 0.591. The minimum atomic E-state index is -3.45. The zero-order valence-electron chi connectivity index (χ0n) is 6.20. The van der Waals surface area contributed by atoms with E-state index in [1.165, 1.54) is 6.92 Å². The third-order valence-electron chi connectivity index (χ3n) is 0.700. The van der Waals surface area contributed by atoms with Gasteiger partial charge in [-0.05, 0) is 6.92 Å². The average molecular weight is 203 g/mol. The van der Waals surface area contributed by atoms with Crippen molar-refractivity contribution in [3.05, 3.63) is 0 Å². The molecule has 68 valence electrons. The molecule has 0 aromatic carbocycles. The summed E-state index contributed by atoms with van der Waals surface area (Å²) in [4.78, 5) is 10.5. The van der Waals surface area contributed by atoms with Crippen LogP contribution in [0.5, 0.6) is 0 Å². The molecule has 0 aromatic heterocycles. The van der Waals surface area contributed by atoms with Gasteiger partial charge >= 0.3 is 0 Å². The first-order chi connectivity index (χ1) is 4.33. The molecule has 0 rings (SSSR count). The lowest BCUT2D eigenvalue weighted by Crippen LogP contribution is -2.40. The molecule has 0 radical (unpaired) electrons. The Balaban J connectivity index is 0. The lowest BCUT2D eigenvalue weighted by molar-refractivity contribution is -0.120. The molecule has 1 amide bonds. The molecule has 0 aliphatic heterocycles. The number of halogens is 1. The number of rotatable bonds is 2. The summed E-state index contributed by atoms with van der Waals surface area (Å²) in [7, 11) is -3.45. The van der Waals surface area contributed by atoms with Crippen LogP contribution in [-0.4, -0.2) is 26.6 Å². The number of sulfonamides is 1. The fourth-order valence-electron chi connectivity index (χ4n) is 0.276. The van der Waals surface area contributed by atoms with E-state index >= 15 is 0 Å². The van der Waals surface area contributed by atoms with Crippen molar-refractivity contribution in [2.45, 2.75) is 13.0 Å². The summed E-state index contributed by atoms with van der Waals surface area (Å²) in [6, 6.07) is -0.797. The lowest BCUT2D eigenvalue weighted by atomic mass is 10.4. The Morgan fingerprint density at radius 1 is 1.55 bits per heavy atom. The molecule has 0 heterocycles. The van der Waals surface area contributed by atoms with Gasteiger partial charge < -0.3 is 5.73 Å². The zero-order valence-corrected chi connectivity index (χ0v) is 7.83. The molecule has 5 nitrogen and oxygen atoms in total. The highest BCUT2D eigenvalue weighted by molar-refractivity contribution is 7.89. The Kier molecular flexibility index (Phi) is 5.46. The van der Waals surface area contributed by atoms with E-state index < -0.39 is 22.0 Å². The van der Waals surface area contributed by atoms with Gasteiger partial charge in [-0.3, -0.25) is 9.52 Å². The summed E-state index contributed by atoms with van der Waals surface area (Å²) in [5.41, 5.74) is 5.07. The number of hydrogen-bond acceptors (Lipinski definition) is 4. The Bertz CT molecular complexity index is 223. The van der Waals surface area contributed by atoms with E-state index in [0.29, 0.717) is 0 Å². The van der Waals surface area contributed by atoms with Gasteiger partial charge in [0.25, 0.3) is 0 Å². The number of nitrogens with one attached hydrogen (secondary N) is 1.